The number of hydrogen-bond acceptors (Lipinski definition) is 1. The van der Waals surface area contributed by atoms with Gasteiger partial charge in [-0.25, -0.2) is 0 Å². The van der Waals surface area contributed by atoms with Gasteiger partial charge in [0.15, 0.2) is 0 Å². The summed E-state index contributed by atoms with van der Waals surface area (Å²) in [7, 11) is 0. The van der Waals surface area contributed by atoms with Crippen LogP contribution >= 0.6 is 0 Å². The monoisotopic (exact) mass is 260 g/mol. The van der Waals surface area contributed by atoms with Gasteiger partial charge in [0.05, 0.1) is 0 Å². The van der Waals surface area contributed by atoms with E-state index in [-0.39, 0.29) is 0 Å². The molecule has 3 aromatic rings. The molecular formula is C19H16O. The number of ether oxygens (including phenoxy) is 1. The first-order valence-corrected chi connectivity index (χ1v) is 6.73. The Morgan fingerprint density at radius 2 is 1.50 bits per heavy atom. The Labute approximate surface area is 119 Å². The fourth-order valence-electron chi connectivity index (χ4n) is 2.33. The molecular weight excluding hydrogens is 244 g/mol. The van der Waals surface area contributed by atoms with Crippen molar-refractivity contribution in [3.63, 3.8) is 0 Å². The van der Waals surface area contributed by atoms with Gasteiger partial charge in [-0.15, -0.1) is 6.58 Å². The van der Waals surface area contributed by atoms with Gasteiger partial charge in [-0.2, -0.15) is 0 Å². The Morgan fingerprint density at radius 3 is 2.40 bits per heavy atom. The van der Waals surface area contributed by atoms with Crippen LogP contribution in [0, 0.1) is 0 Å². The average molecular weight is 260 g/mol. The van der Waals surface area contributed by atoms with E-state index in [9.17, 15) is 0 Å². The quantitative estimate of drug-likeness (QED) is 0.574. The summed E-state index contributed by atoms with van der Waals surface area (Å²) in [5.74, 6) is 1.78. The molecule has 0 aliphatic carbocycles. The van der Waals surface area contributed by atoms with E-state index in [1.807, 2.05) is 48.5 Å². The van der Waals surface area contributed by atoms with E-state index >= 15 is 0 Å². The van der Waals surface area contributed by atoms with Crippen LogP contribution in [-0.2, 0) is 6.42 Å². The van der Waals surface area contributed by atoms with Gasteiger partial charge in [-0.1, -0.05) is 60.7 Å². The second kappa shape index (κ2) is 5.62. The molecule has 3 rings (SSSR count). The van der Waals surface area contributed by atoms with Crippen LogP contribution in [0.3, 0.4) is 0 Å². The summed E-state index contributed by atoms with van der Waals surface area (Å²) in [5.41, 5.74) is 1.15. The molecule has 0 fully saturated rings. The molecule has 0 atom stereocenters. The Balaban J connectivity index is 2.03. The molecule has 0 aliphatic heterocycles. The molecule has 3 aromatic carbocycles. The summed E-state index contributed by atoms with van der Waals surface area (Å²) in [4.78, 5) is 0. The first kappa shape index (κ1) is 12.5. The number of hydrogen-bond donors (Lipinski definition) is 0. The van der Waals surface area contributed by atoms with Crippen molar-refractivity contribution in [3.8, 4) is 11.5 Å². The highest BCUT2D eigenvalue weighted by atomic mass is 16.5. The summed E-state index contributed by atoms with van der Waals surface area (Å²) in [5, 5.41) is 2.31. The lowest BCUT2D eigenvalue weighted by Gasteiger charge is -2.12. The van der Waals surface area contributed by atoms with Crippen LogP contribution in [-0.4, -0.2) is 0 Å². The zero-order chi connectivity index (χ0) is 13.8. The molecule has 0 bridgehead atoms. The second-order valence-electron chi connectivity index (χ2n) is 4.68. The minimum absolute atomic E-state index is 0.806. The number of para-hydroxylation sites is 1. The van der Waals surface area contributed by atoms with Gasteiger partial charge in [0.1, 0.15) is 11.5 Å². The topological polar surface area (TPSA) is 9.23 Å². The summed E-state index contributed by atoms with van der Waals surface area (Å²) < 4.78 is 6.13. The maximum atomic E-state index is 6.13. The lowest BCUT2D eigenvalue weighted by Crippen LogP contribution is -1.91. The zero-order valence-corrected chi connectivity index (χ0v) is 11.3. The van der Waals surface area contributed by atoms with Crippen molar-refractivity contribution in [3.05, 3.63) is 84.9 Å². The molecule has 0 amide bonds. The van der Waals surface area contributed by atoms with Gasteiger partial charge in [0.2, 0.25) is 0 Å². The van der Waals surface area contributed by atoms with Crippen molar-refractivity contribution in [2.24, 2.45) is 0 Å². The highest BCUT2D eigenvalue weighted by molar-refractivity contribution is 5.88. The standard InChI is InChI=1S/C19H16O/c1-2-8-16-10-4-6-13-18(16)20-19-14-7-11-15-9-3-5-12-17(15)19/h2-7,9-14H,1,8H2. The van der Waals surface area contributed by atoms with Crippen LogP contribution < -0.4 is 4.74 Å². The van der Waals surface area contributed by atoms with Gasteiger partial charge in [0, 0.05) is 5.39 Å². The largest absolute Gasteiger partial charge is 0.456 e. The maximum Gasteiger partial charge on any atom is 0.135 e. The van der Waals surface area contributed by atoms with Crippen molar-refractivity contribution in [2.45, 2.75) is 6.42 Å². The molecule has 1 heteroatoms. The molecule has 0 aliphatic rings. The van der Waals surface area contributed by atoms with E-state index in [1.165, 1.54) is 5.39 Å². The van der Waals surface area contributed by atoms with Crippen molar-refractivity contribution in [1.82, 2.24) is 0 Å². The van der Waals surface area contributed by atoms with E-state index in [0.717, 1.165) is 28.9 Å². The molecule has 98 valence electrons. The molecule has 0 aromatic heterocycles. The van der Waals surface area contributed by atoms with Gasteiger partial charge in [-0.05, 0) is 29.5 Å². The predicted octanol–water partition coefficient (Wildman–Crippen LogP) is 5.36. The minimum Gasteiger partial charge on any atom is -0.456 e. The molecule has 0 radical (unpaired) electrons. The SMILES string of the molecule is C=CCc1ccccc1Oc1cccc2ccccc12. The van der Waals surface area contributed by atoms with Gasteiger partial charge >= 0.3 is 0 Å². The third-order valence-electron chi connectivity index (χ3n) is 3.31. The number of fused-ring (bicyclic) bond motifs is 1. The lowest BCUT2D eigenvalue weighted by atomic mass is 10.1. The highest BCUT2D eigenvalue weighted by Gasteiger charge is 2.06. The van der Waals surface area contributed by atoms with Crippen LogP contribution in [0.1, 0.15) is 5.56 Å². The zero-order valence-electron chi connectivity index (χ0n) is 11.3. The summed E-state index contributed by atoms with van der Waals surface area (Å²) >= 11 is 0. The first-order valence-electron chi connectivity index (χ1n) is 6.73. The molecule has 0 spiro atoms. The normalized spacial score (nSPS) is 10.4. The molecule has 0 unspecified atom stereocenters. The molecule has 0 saturated heterocycles. The predicted molar refractivity (Wildman–Crippen MR) is 84.4 cm³/mol. The third-order valence-corrected chi connectivity index (χ3v) is 3.31. The first-order chi connectivity index (χ1) is 9.88. The molecule has 0 saturated carbocycles. The van der Waals surface area contributed by atoms with Crippen LogP contribution in [0.2, 0.25) is 0 Å². The van der Waals surface area contributed by atoms with E-state index in [0.29, 0.717) is 0 Å². The van der Waals surface area contributed by atoms with Gasteiger partial charge in [-0.3, -0.25) is 0 Å². The number of benzene rings is 3. The summed E-state index contributed by atoms with van der Waals surface area (Å²) in [6.45, 7) is 3.80. The van der Waals surface area contributed by atoms with Crippen molar-refractivity contribution < 1.29 is 4.74 Å². The summed E-state index contributed by atoms with van der Waals surface area (Å²) in [6, 6.07) is 22.5. The summed E-state index contributed by atoms with van der Waals surface area (Å²) in [6.07, 6.45) is 2.70. The number of rotatable bonds is 4. The Hall–Kier alpha value is -2.54. The van der Waals surface area contributed by atoms with Crippen LogP contribution in [0.25, 0.3) is 10.8 Å². The fraction of sp³-hybridized carbons (Fsp3) is 0.0526. The fourth-order valence-corrected chi connectivity index (χ4v) is 2.33. The lowest BCUT2D eigenvalue weighted by molar-refractivity contribution is 0.483. The van der Waals surface area contributed by atoms with Gasteiger partial charge in [0.25, 0.3) is 0 Å². The van der Waals surface area contributed by atoms with Crippen molar-refractivity contribution in [2.75, 3.05) is 0 Å². The van der Waals surface area contributed by atoms with Crippen LogP contribution in [0.4, 0.5) is 0 Å². The number of allylic oxidation sites excluding steroid dienone is 1. The van der Waals surface area contributed by atoms with Crippen LogP contribution in [0.15, 0.2) is 79.4 Å². The Bertz CT molecular complexity index is 738. The van der Waals surface area contributed by atoms with Gasteiger partial charge < -0.3 is 4.74 Å². The minimum atomic E-state index is 0.806. The maximum absolute atomic E-state index is 6.13. The van der Waals surface area contributed by atoms with Crippen LogP contribution in [0.5, 0.6) is 11.5 Å². The smallest absolute Gasteiger partial charge is 0.135 e. The van der Waals surface area contributed by atoms with E-state index in [2.05, 4.69) is 30.8 Å². The van der Waals surface area contributed by atoms with E-state index in [1.54, 1.807) is 0 Å². The third kappa shape index (κ3) is 2.43. The van der Waals surface area contributed by atoms with E-state index in [4.69, 9.17) is 4.74 Å². The highest BCUT2D eigenvalue weighted by Crippen LogP contribution is 2.31. The Kier molecular flexibility index (Phi) is 3.51. The molecule has 0 N–H and O–H groups in total. The van der Waals surface area contributed by atoms with E-state index < -0.39 is 0 Å². The Morgan fingerprint density at radius 1 is 0.800 bits per heavy atom. The second-order valence-corrected chi connectivity index (χ2v) is 4.68. The molecule has 0 heterocycles. The average Bonchev–Trinajstić information content (AvgIpc) is 2.50. The molecule has 20 heavy (non-hydrogen) atoms. The van der Waals surface area contributed by atoms with Crippen molar-refractivity contribution in [1.29, 1.82) is 0 Å². The molecule has 1 nitrogen and oxygen atoms in total. The van der Waals surface area contributed by atoms with Crippen molar-refractivity contribution >= 4 is 10.8 Å².